The van der Waals surface area contributed by atoms with E-state index in [9.17, 15) is 0 Å². The van der Waals surface area contributed by atoms with Gasteiger partial charge in [0, 0.05) is 25.7 Å². The summed E-state index contributed by atoms with van der Waals surface area (Å²) in [4.78, 5) is 0. The van der Waals surface area contributed by atoms with Crippen molar-refractivity contribution in [1.82, 2.24) is 5.32 Å². The van der Waals surface area contributed by atoms with Gasteiger partial charge in [0.05, 0.1) is 13.2 Å². The summed E-state index contributed by atoms with van der Waals surface area (Å²) in [5.41, 5.74) is 0.225. The molecule has 1 atom stereocenters. The van der Waals surface area contributed by atoms with Crippen molar-refractivity contribution >= 4 is 0 Å². The number of nitrogens with one attached hydrogen (secondary N) is 1. The summed E-state index contributed by atoms with van der Waals surface area (Å²) in [7, 11) is 1.77. The van der Waals surface area contributed by atoms with Gasteiger partial charge in [-0.3, -0.25) is 0 Å². The zero-order valence-electron chi connectivity index (χ0n) is 8.77. The van der Waals surface area contributed by atoms with Crippen LogP contribution in [0.4, 0.5) is 0 Å². The van der Waals surface area contributed by atoms with Crippen LogP contribution in [-0.4, -0.2) is 40.0 Å². The van der Waals surface area contributed by atoms with Crippen LogP contribution < -0.4 is 5.32 Å². The molecule has 0 aliphatic carbocycles. The molecule has 1 aliphatic heterocycles. The molecule has 1 fully saturated rings. The smallest absolute Gasteiger partial charge is 0.0556 e. The summed E-state index contributed by atoms with van der Waals surface area (Å²) >= 11 is 0. The predicted molar refractivity (Wildman–Crippen MR) is 52.9 cm³/mol. The largest absolute Gasteiger partial charge is 0.384 e. The van der Waals surface area contributed by atoms with Gasteiger partial charge in [-0.05, 0) is 19.4 Å². The van der Waals surface area contributed by atoms with Crippen LogP contribution >= 0.6 is 0 Å². The van der Waals surface area contributed by atoms with Crippen molar-refractivity contribution in [3.63, 3.8) is 0 Å². The molecular formula is C10H21NO2. The molecule has 0 amide bonds. The zero-order chi connectivity index (χ0) is 9.57. The molecule has 1 heterocycles. The third-order valence-electron chi connectivity index (χ3n) is 2.60. The zero-order valence-corrected chi connectivity index (χ0v) is 8.77. The molecule has 0 radical (unpaired) electrons. The Bertz CT molecular complexity index is 127. The Morgan fingerprint density at radius 2 is 2.38 bits per heavy atom. The minimum Gasteiger partial charge on any atom is -0.384 e. The van der Waals surface area contributed by atoms with Crippen LogP contribution in [0, 0.1) is 5.41 Å². The standard InChI is InChI=1S/C10H21NO2/c1-3-11-7-10(8-12-2)5-4-6-13-9-10/h11H,3-9H2,1-2H3. The highest BCUT2D eigenvalue weighted by atomic mass is 16.5. The summed E-state index contributed by atoms with van der Waals surface area (Å²) in [5, 5.41) is 3.38. The van der Waals surface area contributed by atoms with E-state index in [1.807, 2.05) is 0 Å². The molecule has 0 saturated carbocycles. The third kappa shape index (κ3) is 3.25. The topological polar surface area (TPSA) is 30.5 Å². The Morgan fingerprint density at radius 1 is 1.54 bits per heavy atom. The lowest BCUT2D eigenvalue weighted by Crippen LogP contribution is -2.44. The SMILES string of the molecule is CCNCC1(COC)CCCOC1. The summed E-state index contributed by atoms with van der Waals surface area (Å²) < 4.78 is 10.8. The summed E-state index contributed by atoms with van der Waals surface area (Å²) in [5.74, 6) is 0. The van der Waals surface area contributed by atoms with Gasteiger partial charge in [0.25, 0.3) is 0 Å². The molecule has 1 N–H and O–H groups in total. The second-order valence-electron chi connectivity index (χ2n) is 3.87. The Hall–Kier alpha value is -0.120. The molecule has 0 spiro atoms. The van der Waals surface area contributed by atoms with Gasteiger partial charge in [-0.2, -0.15) is 0 Å². The van der Waals surface area contributed by atoms with Gasteiger partial charge < -0.3 is 14.8 Å². The molecule has 0 aromatic heterocycles. The molecular weight excluding hydrogens is 166 g/mol. The van der Waals surface area contributed by atoms with Crippen molar-refractivity contribution in [1.29, 1.82) is 0 Å². The fourth-order valence-electron chi connectivity index (χ4n) is 1.91. The van der Waals surface area contributed by atoms with Crippen molar-refractivity contribution in [3.8, 4) is 0 Å². The predicted octanol–water partition coefficient (Wildman–Crippen LogP) is 1.04. The van der Waals surface area contributed by atoms with Gasteiger partial charge in [-0.1, -0.05) is 6.92 Å². The molecule has 13 heavy (non-hydrogen) atoms. The number of methoxy groups -OCH3 is 1. The van der Waals surface area contributed by atoms with Gasteiger partial charge in [0.1, 0.15) is 0 Å². The molecule has 3 heteroatoms. The minimum atomic E-state index is 0.225. The van der Waals surface area contributed by atoms with Crippen LogP contribution in [0.3, 0.4) is 0 Å². The van der Waals surface area contributed by atoms with E-state index < -0.39 is 0 Å². The van der Waals surface area contributed by atoms with Crippen LogP contribution in [0.1, 0.15) is 19.8 Å². The third-order valence-corrected chi connectivity index (χ3v) is 2.60. The van der Waals surface area contributed by atoms with E-state index in [1.54, 1.807) is 7.11 Å². The molecule has 1 aliphatic rings. The van der Waals surface area contributed by atoms with Crippen molar-refractivity contribution in [3.05, 3.63) is 0 Å². The first-order chi connectivity index (χ1) is 6.33. The van der Waals surface area contributed by atoms with Crippen LogP contribution in [0.5, 0.6) is 0 Å². The fraction of sp³-hybridized carbons (Fsp3) is 1.00. The molecule has 0 bridgehead atoms. The van der Waals surface area contributed by atoms with Crippen molar-refractivity contribution < 1.29 is 9.47 Å². The van der Waals surface area contributed by atoms with E-state index in [0.29, 0.717) is 0 Å². The molecule has 0 aromatic rings. The van der Waals surface area contributed by atoms with Gasteiger partial charge in [0.15, 0.2) is 0 Å². The maximum absolute atomic E-state index is 5.52. The molecule has 3 nitrogen and oxygen atoms in total. The van der Waals surface area contributed by atoms with Gasteiger partial charge in [-0.25, -0.2) is 0 Å². The average molecular weight is 187 g/mol. The van der Waals surface area contributed by atoms with Crippen LogP contribution in [0.25, 0.3) is 0 Å². The molecule has 1 rings (SSSR count). The van der Waals surface area contributed by atoms with Gasteiger partial charge in [0.2, 0.25) is 0 Å². The van der Waals surface area contributed by atoms with Gasteiger partial charge >= 0.3 is 0 Å². The molecule has 78 valence electrons. The first-order valence-corrected chi connectivity index (χ1v) is 5.10. The fourth-order valence-corrected chi connectivity index (χ4v) is 1.91. The first kappa shape index (κ1) is 11.0. The van der Waals surface area contributed by atoms with Crippen LogP contribution in [-0.2, 0) is 9.47 Å². The van der Waals surface area contributed by atoms with Crippen molar-refractivity contribution in [2.24, 2.45) is 5.41 Å². The lowest BCUT2D eigenvalue weighted by molar-refractivity contribution is -0.0473. The van der Waals surface area contributed by atoms with Crippen molar-refractivity contribution in [2.45, 2.75) is 19.8 Å². The normalized spacial score (nSPS) is 29.1. The quantitative estimate of drug-likeness (QED) is 0.697. The highest BCUT2D eigenvalue weighted by molar-refractivity contribution is 4.83. The Kier molecular flexibility index (Phi) is 4.70. The maximum Gasteiger partial charge on any atom is 0.0556 e. The number of hydrogen-bond acceptors (Lipinski definition) is 3. The summed E-state index contributed by atoms with van der Waals surface area (Å²) in [6, 6.07) is 0. The van der Waals surface area contributed by atoms with E-state index in [1.165, 1.54) is 6.42 Å². The van der Waals surface area contributed by atoms with E-state index in [2.05, 4.69) is 12.2 Å². The summed E-state index contributed by atoms with van der Waals surface area (Å²) in [6.07, 6.45) is 2.38. The highest BCUT2D eigenvalue weighted by Crippen LogP contribution is 2.27. The monoisotopic (exact) mass is 187 g/mol. The van der Waals surface area contributed by atoms with Crippen LogP contribution in [0.2, 0.25) is 0 Å². The minimum absolute atomic E-state index is 0.225. The molecule has 0 aromatic carbocycles. The van der Waals surface area contributed by atoms with Gasteiger partial charge in [-0.15, -0.1) is 0 Å². The van der Waals surface area contributed by atoms with Crippen LogP contribution in [0.15, 0.2) is 0 Å². The lowest BCUT2D eigenvalue weighted by atomic mass is 9.83. The second-order valence-corrected chi connectivity index (χ2v) is 3.87. The van der Waals surface area contributed by atoms with E-state index in [0.717, 1.165) is 39.3 Å². The number of rotatable bonds is 5. The highest BCUT2D eigenvalue weighted by Gasteiger charge is 2.32. The van der Waals surface area contributed by atoms with Crippen molar-refractivity contribution in [2.75, 3.05) is 40.0 Å². The average Bonchev–Trinajstić information content (AvgIpc) is 2.17. The lowest BCUT2D eigenvalue weighted by Gasteiger charge is -2.36. The molecule has 1 unspecified atom stereocenters. The molecule has 1 saturated heterocycles. The van der Waals surface area contributed by atoms with E-state index in [-0.39, 0.29) is 5.41 Å². The van der Waals surface area contributed by atoms with E-state index >= 15 is 0 Å². The summed E-state index contributed by atoms with van der Waals surface area (Å²) in [6.45, 7) is 6.72. The Labute approximate surface area is 80.8 Å². The second kappa shape index (κ2) is 5.58. The first-order valence-electron chi connectivity index (χ1n) is 5.10. The van der Waals surface area contributed by atoms with E-state index in [4.69, 9.17) is 9.47 Å². The Morgan fingerprint density at radius 3 is 2.92 bits per heavy atom. The number of ether oxygens (including phenoxy) is 2. The number of hydrogen-bond donors (Lipinski definition) is 1. The Balaban J connectivity index is 2.40. The maximum atomic E-state index is 5.52.